The molecular formula is C32H37N5O4S. The van der Waals surface area contributed by atoms with Gasteiger partial charge in [0.2, 0.25) is 5.91 Å². The van der Waals surface area contributed by atoms with E-state index in [4.69, 9.17) is 10.1 Å². The van der Waals surface area contributed by atoms with Crippen molar-refractivity contribution in [1.82, 2.24) is 15.6 Å². The minimum Gasteiger partial charge on any atom is -0.444 e. The van der Waals surface area contributed by atoms with Crippen LogP contribution < -0.4 is 16.0 Å². The van der Waals surface area contributed by atoms with E-state index >= 15 is 0 Å². The molecule has 0 aliphatic carbocycles. The lowest BCUT2D eigenvalue weighted by Gasteiger charge is -2.25. The average Bonchev–Trinajstić information content (AvgIpc) is 2.94. The molecule has 10 heteroatoms. The van der Waals surface area contributed by atoms with Gasteiger partial charge < -0.3 is 26.1 Å². The summed E-state index contributed by atoms with van der Waals surface area (Å²) in [6, 6.07) is 17.2. The second kappa shape index (κ2) is 14.5. The number of carbonyl (C=O) groups is 3. The summed E-state index contributed by atoms with van der Waals surface area (Å²) in [6.07, 6.45) is 4.30. The van der Waals surface area contributed by atoms with E-state index < -0.39 is 23.6 Å². The molecule has 0 saturated carbocycles. The summed E-state index contributed by atoms with van der Waals surface area (Å²) in [4.78, 5) is 44.2. The van der Waals surface area contributed by atoms with Crippen LogP contribution in [0.1, 0.15) is 56.2 Å². The van der Waals surface area contributed by atoms with E-state index in [-0.39, 0.29) is 17.5 Å². The number of allylic oxidation sites excluding steroid dienone is 1. The number of hydrogen-bond acceptors (Lipinski definition) is 7. The lowest BCUT2D eigenvalue weighted by atomic mass is 10.0. The van der Waals surface area contributed by atoms with Gasteiger partial charge in [0.25, 0.3) is 5.91 Å². The lowest BCUT2D eigenvalue weighted by molar-refractivity contribution is -0.119. The highest BCUT2D eigenvalue weighted by atomic mass is 32.2. The van der Waals surface area contributed by atoms with E-state index in [9.17, 15) is 14.4 Å². The van der Waals surface area contributed by atoms with E-state index in [1.54, 1.807) is 70.4 Å². The van der Waals surface area contributed by atoms with Crippen LogP contribution in [0.25, 0.3) is 6.08 Å². The molecule has 0 fully saturated rings. The molecule has 42 heavy (non-hydrogen) atoms. The molecule has 0 bridgehead atoms. The van der Waals surface area contributed by atoms with Crippen LogP contribution in [0, 0.1) is 11.3 Å². The number of nitrogens with one attached hydrogen (secondary N) is 4. The van der Waals surface area contributed by atoms with Gasteiger partial charge in [0.1, 0.15) is 11.6 Å². The third-order valence-electron chi connectivity index (χ3n) is 5.86. The molecule has 0 saturated heterocycles. The van der Waals surface area contributed by atoms with Crippen LogP contribution in [0.2, 0.25) is 0 Å². The average molecular weight is 588 g/mol. The number of rotatable bonds is 10. The van der Waals surface area contributed by atoms with Gasteiger partial charge in [-0.15, -0.1) is 0 Å². The molecule has 3 rings (SSSR count). The molecule has 1 atom stereocenters. The van der Waals surface area contributed by atoms with E-state index in [0.717, 1.165) is 9.79 Å². The first-order valence-electron chi connectivity index (χ1n) is 13.5. The Bertz CT molecular complexity index is 1470. The van der Waals surface area contributed by atoms with Crippen molar-refractivity contribution in [2.24, 2.45) is 5.92 Å². The van der Waals surface area contributed by atoms with Crippen LogP contribution in [0.15, 0.2) is 82.7 Å². The van der Waals surface area contributed by atoms with Crippen molar-refractivity contribution in [3.05, 3.63) is 89.8 Å². The number of pyridine rings is 1. The summed E-state index contributed by atoms with van der Waals surface area (Å²) in [5.74, 6) is -0.911. The smallest absolute Gasteiger partial charge is 0.408 e. The number of ether oxygens (including phenoxy) is 1. The lowest BCUT2D eigenvalue weighted by Crippen LogP contribution is -2.48. The van der Waals surface area contributed by atoms with Crippen LogP contribution >= 0.6 is 11.8 Å². The Morgan fingerprint density at radius 1 is 1.00 bits per heavy atom. The number of alkyl carbamates (subject to hydrolysis) is 1. The van der Waals surface area contributed by atoms with Gasteiger partial charge in [-0.3, -0.25) is 14.6 Å². The molecule has 220 valence electrons. The molecule has 3 aromatic rings. The van der Waals surface area contributed by atoms with Crippen LogP contribution in [-0.2, 0) is 9.53 Å². The molecule has 1 aromatic heterocycles. The van der Waals surface area contributed by atoms with Gasteiger partial charge in [0, 0.05) is 28.6 Å². The van der Waals surface area contributed by atoms with Crippen molar-refractivity contribution >= 4 is 47.1 Å². The fourth-order valence-electron chi connectivity index (χ4n) is 3.84. The Morgan fingerprint density at radius 3 is 2.36 bits per heavy atom. The van der Waals surface area contributed by atoms with Crippen LogP contribution in [0.4, 0.5) is 10.5 Å². The summed E-state index contributed by atoms with van der Waals surface area (Å²) in [6.45, 7) is 8.89. The largest absolute Gasteiger partial charge is 0.444 e. The number of amides is 3. The fourth-order valence-corrected chi connectivity index (χ4v) is 4.83. The van der Waals surface area contributed by atoms with Gasteiger partial charge in [-0.05, 0) is 81.3 Å². The van der Waals surface area contributed by atoms with Crippen molar-refractivity contribution in [2.75, 3.05) is 12.4 Å². The molecule has 0 aliphatic rings. The van der Waals surface area contributed by atoms with Gasteiger partial charge >= 0.3 is 6.09 Å². The third-order valence-corrected chi connectivity index (χ3v) is 6.92. The zero-order valence-corrected chi connectivity index (χ0v) is 25.5. The molecule has 1 heterocycles. The minimum absolute atomic E-state index is 0.152. The highest BCUT2D eigenvalue weighted by Gasteiger charge is 2.28. The van der Waals surface area contributed by atoms with Crippen LogP contribution in [0.3, 0.4) is 0 Å². The van der Waals surface area contributed by atoms with Crippen LogP contribution in [-0.4, -0.2) is 47.3 Å². The Kier molecular flexibility index (Phi) is 11.0. The molecule has 0 radical (unpaired) electrons. The summed E-state index contributed by atoms with van der Waals surface area (Å²) in [7, 11) is 1.58. The van der Waals surface area contributed by atoms with Crippen LogP contribution in [0.5, 0.6) is 0 Å². The Balaban J connectivity index is 1.96. The van der Waals surface area contributed by atoms with Gasteiger partial charge in [-0.2, -0.15) is 0 Å². The second-order valence-electron chi connectivity index (χ2n) is 10.7. The van der Waals surface area contributed by atoms with E-state index in [0.29, 0.717) is 22.5 Å². The van der Waals surface area contributed by atoms with Crippen molar-refractivity contribution in [3.8, 4) is 0 Å². The Morgan fingerprint density at radius 2 is 1.71 bits per heavy atom. The van der Waals surface area contributed by atoms with Crippen molar-refractivity contribution in [3.63, 3.8) is 0 Å². The van der Waals surface area contributed by atoms with E-state index in [2.05, 4.69) is 20.9 Å². The van der Waals surface area contributed by atoms with Gasteiger partial charge in [-0.1, -0.05) is 43.8 Å². The number of nitrogens with zero attached hydrogens (tertiary/aromatic N) is 1. The maximum absolute atomic E-state index is 13.5. The van der Waals surface area contributed by atoms with Gasteiger partial charge in [0.05, 0.1) is 22.7 Å². The molecular weight excluding hydrogens is 550 g/mol. The summed E-state index contributed by atoms with van der Waals surface area (Å²) in [5.41, 5.74) is 1.49. The molecule has 0 spiro atoms. The predicted octanol–water partition coefficient (Wildman–Crippen LogP) is 6.16. The van der Waals surface area contributed by atoms with Crippen molar-refractivity contribution < 1.29 is 19.1 Å². The summed E-state index contributed by atoms with van der Waals surface area (Å²) in [5, 5.41) is 17.0. The topological polar surface area (TPSA) is 133 Å². The highest BCUT2D eigenvalue weighted by Crippen LogP contribution is 2.33. The Labute approximate surface area is 251 Å². The third kappa shape index (κ3) is 9.31. The monoisotopic (exact) mass is 587 g/mol. The molecule has 4 N–H and O–H groups in total. The Hall–Kier alpha value is -4.44. The number of aromatic nitrogens is 1. The normalized spacial score (nSPS) is 12.1. The maximum atomic E-state index is 13.5. The molecule has 0 aliphatic heterocycles. The standard InChI is InChI=1S/C32H37N5O4S/c1-20(2)28(37-31(40)41-32(3,4)5)30(39)36-26-19-22(42-27-13-8-7-12-24(27)29(38)34-6)15-16-23(26)25(33)17-14-21-11-9-10-18-35-21/h7-20,28,33H,1-6H3,(H,34,38)(H,36,39)(H,37,40)/b17-14+,33-25?. The molecule has 1 unspecified atom stereocenters. The van der Waals surface area contributed by atoms with Crippen molar-refractivity contribution in [1.29, 1.82) is 5.41 Å². The molecule has 9 nitrogen and oxygen atoms in total. The summed E-state index contributed by atoms with van der Waals surface area (Å²) >= 11 is 1.36. The summed E-state index contributed by atoms with van der Waals surface area (Å²) < 4.78 is 5.36. The molecule has 3 amide bonds. The van der Waals surface area contributed by atoms with Gasteiger partial charge in [0.15, 0.2) is 0 Å². The fraction of sp³-hybridized carbons (Fsp3) is 0.281. The number of benzene rings is 2. The number of carbonyl (C=O) groups excluding carboxylic acids is 3. The van der Waals surface area contributed by atoms with E-state index in [1.807, 2.05) is 50.2 Å². The SMILES string of the molecule is CNC(=O)c1ccccc1Sc1ccc(C(=N)/C=C/c2ccccn2)c(NC(=O)C(NC(=O)OC(C)(C)C)C(C)C)c1. The first kappa shape index (κ1) is 32.1. The predicted molar refractivity (Wildman–Crippen MR) is 167 cm³/mol. The zero-order chi connectivity index (χ0) is 30.9. The van der Waals surface area contributed by atoms with Crippen molar-refractivity contribution in [2.45, 2.75) is 56.1 Å². The minimum atomic E-state index is -0.892. The first-order valence-corrected chi connectivity index (χ1v) is 14.3. The van der Waals surface area contributed by atoms with E-state index in [1.165, 1.54) is 11.8 Å². The maximum Gasteiger partial charge on any atom is 0.408 e. The van der Waals surface area contributed by atoms with Gasteiger partial charge in [-0.25, -0.2) is 4.79 Å². The number of anilines is 1. The zero-order valence-electron chi connectivity index (χ0n) is 24.6. The highest BCUT2D eigenvalue weighted by molar-refractivity contribution is 7.99. The number of hydrogen-bond donors (Lipinski definition) is 4. The quantitative estimate of drug-likeness (QED) is 0.210. The second-order valence-corrected chi connectivity index (χ2v) is 11.9. The first-order chi connectivity index (χ1) is 19.9. The molecule has 2 aromatic carbocycles.